The summed E-state index contributed by atoms with van der Waals surface area (Å²) in [6.45, 7) is 3.30. The Hall–Kier alpha value is -2.15. The highest BCUT2D eigenvalue weighted by molar-refractivity contribution is 9.10. The molecular formula is C16H17BrN2O4. The van der Waals surface area contributed by atoms with Crippen LogP contribution in [-0.2, 0) is 20.7 Å². The van der Waals surface area contributed by atoms with Gasteiger partial charge < -0.3 is 14.6 Å². The van der Waals surface area contributed by atoms with Crippen molar-refractivity contribution in [3.63, 3.8) is 0 Å². The summed E-state index contributed by atoms with van der Waals surface area (Å²) in [6.07, 6.45) is 0.650. The van der Waals surface area contributed by atoms with Gasteiger partial charge in [0.05, 0.1) is 11.4 Å². The normalized spacial score (nSPS) is 10.4. The van der Waals surface area contributed by atoms with E-state index in [0.717, 1.165) is 15.7 Å². The minimum atomic E-state index is -0.438. The van der Waals surface area contributed by atoms with Gasteiger partial charge in [-0.1, -0.05) is 17.3 Å². The van der Waals surface area contributed by atoms with Crippen LogP contribution in [0.2, 0.25) is 0 Å². The number of ether oxygens (including phenoxy) is 1. The SMILES string of the molecule is Cc1noc(C)c1CCC(=O)OCC(=O)Nc1ccccc1Br. The summed E-state index contributed by atoms with van der Waals surface area (Å²) < 4.78 is 10.8. The standard InChI is InChI=1S/C16H17BrN2O4/c1-10-12(11(2)23-19-10)7-8-16(21)22-9-15(20)18-14-6-4-3-5-13(14)17/h3-6H,7-9H2,1-2H3,(H,18,20). The van der Waals surface area contributed by atoms with Crippen LogP contribution >= 0.6 is 15.9 Å². The number of hydrogen-bond donors (Lipinski definition) is 1. The number of nitrogens with zero attached hydrogens (tertiary/aromatic N) is 1. The van der Waals surface area contributed by atoms with Crippen molar-refractivity contribution in [2.45, 2.75) is 26.7 Å². The number of anilines is 1. The minimum absolute atomic E-state index is 0.172. The van der Waals surface area contributed by atoms with Crippen molar-refractivity contribution < 1.29 is 18.8 Å². The van der Waals surface area contributed by atoms with Gasteiger partial charge in [0, 0.05) is 16.5 Å². The highest BCUT2D eigenvalue weighted by Gasteiger charge is 2.13. The van der Waals surface area contributed by atoms with Gasteiger partial charge in [0.15, 0.2) is 6.61 Å². The lowest BCUT2D eigenvalue weighted by Gasteiger charge is -2.08. The van der Waals surface area contributed by atoms with Crippen molar-refractivity contribution in [2.75, 3.05) is 11.9 Å². The van der Waals surface area contributed by atoms with Gasteiger partial charge in [-0.2, -0.15) is 0 Å². The number of rotatable bonds is 6. The Morgan fingerprint density at radius 3 is 2.70 bits per heavy atom. The summed E-state index contributed by atoms with van der Waals surface area (Å²) in [5.74, 6) is -0.128. The predicted octanol–water partition coefficient (Wildman–Crippen LogP) is 3.17. The summed E-state index contributed by atoms with van der Waals surface area (Å²) in [5, 5.41) is 6.49. The largest absolute Gasteiger partial charge is 0.456 e. The van der Waals surface area contributed by atoms with E-state index in [1.54, 1.807) is 19.1 Å². The van der Waals surface area contributed by atoms with Crippen LogP contribution in [0.25, 0.3) is 0 Å². The minimum Gasteiger partial charge on any atom is -0.456 e. The molecule has 0 spiro atoms. The molecule has 0 aliphatic heterocycles. The third kappa shape index (κ3) is 4.92. The Labute approximate surface area is 142 Å². The van der Waals surface area contributed by atoms with E-state index >= 15 is 0 Å². The molecule has 2 rings (SSSR count). The van der Waals surface area contributed by atoms with Crippen LogP contribution in [0.4, 0.5) is 5.69 Å². The first-order valence-electron chi connectivity index (χ1n) is 7.09. The van der Waals surface area contributed by atoms with Crippen LogP contribution in [0.1, 0.15) is 23.4 Å². The van der Waals surface area contributed by atoms with E-state index in [1.807, 2.05) is 19.1 Å². The molecule has 2 aromatic rings. The fraction of sp³-hybridized carbons (Fsp3) is 0.312. The Morgan fingerprint density at radius 1 is 1.30 bits per heavy atom. The number of aryl methyl sites for hydroxylation is 2. The number of halogens is 1. The number of carbonyl (C=O) groups is 2. The van der Waals surface area contributed by atoms with Crippen molar-refractivity contribution in [3.05, 3.63) is 45.8 Å². The molecule has 122 valence electrons. The molecule has 23 heavy (non-hydrogen) atoms. The molecule has 0 fully saturated rings. The van der Waals surface area contributed by atoms with Gasteiger partial charge in [-0.3, -0.25) is 9.59 Å². The second-order valence-corrected chi connectivity index (χ2v) is 5.85. The summed E-state index contributed by atoms with van der Waals surface area (Å²) in [4.78, 5) is 23.5. The number of benzene rings is 1. The molecule has 0 aliphatic carbocycles. The number of amides is 1. The molecule has 0 saturated carbocycles. The fourth-order valence-corrected chi connectivity index (χ4v) is 2.44. The molecular weight excluding hydrogens is 364 g/mol. The molecule has 1 N–H and O–H groups in total. The zero-order valence-corrected chi connectivity index (χ0v) is 14.5. The van der Waals surface area contributed by atoms with Gasteiger partial charge >= 0.3 is 5.97 Å². The van der Waals surface area contributed by atoms with E-state index in [-0.39, 0.29) is 18.9 Å². The Bertz CT molecular complexity index is 692. The molecule has 1 heterocycles. The number of hydrogen-bond acceptors (Lipinski definition) is 5. The number of esters is 1. The lowest BCUT2D eigenvalue weighted by molar-refractivity contribution is -0.147. The van der Waals surface area contributed by atoms with Crippen LogP contribution in [-0.4, -0.2) is 23.6 Å². The first-order valence-corrected chi connectivity index (χ1v) is 7.88. The van der Waals surface area contributed by atoms with E-state index in [0.29, 0.717) is 17.9 Å². The van der Waals surface area contributed by atoms with Crippen molar-refractivity contribution in [2.24, 2.45) is 0 Å². The molecule has 0 atom stereocenters. The molecule has 6 nitrogen and oxygen atoms in total. The van der Waals surface area contributed by atoms with Crippen molar-refractivity contribution >= 4 is 33.5 Å². The quantitative estimate of drug-likeness (QED) is 0.778. The molecule has 1 amide bonds. The van der Waals surface area contributed by atoms with Gasteiger partial charge in [0.1, 0.15) is 5.76 Å². The van der Waals surface area contributed by atoms with Gasteiger partial charge in [-0.25, -0.2) is 0 Å². The predicted molar refractivity (Wildman–Crippen MR) is 88.0 cm³/mol. The van der Waals surface area contributed by atoms with Crippen molar-refractivity contribution in [1.29, 1.82) is 0 Å². The second-order valence-electron chi connectivity index (χ2n) is 4.99. The van der Waals surface area contributed by atoms with Crippen molar-refractivity contribution in [3.8, 4) is 0 Å². The van der Waals surface area contributed by atoms with E-state index < -0.39 is 5.97 Å². The number of nitrogens with one attached hydrogen (secondary N) is 1. The molecule has 0 unspecified atom stereocenters. The van der Waals surface area contributed by atoms with E-state index in [2.05, 4.69) is 26.4 Å². The fourth-order valence-electron chi connectivity index (χ4n) is 2.05. The number of carbonyl (C=O) groups excluding carboxylic acids is 2. The van der Waals surface area contributed by atoms with E-state index in [1.165, 1.54) is 0 Å². The average Bonchev–Trinajstić information content (AvgIpc) is 2.84. The highest BCUT2D eigenvalue weighted by Crippen LogP contribution is 2.21. The molecule has 0 aliphatic rings. The molecule has 0 saturated heterocycles. The number of para-hydroxylation sites is 1. The Kier molecular flexibility index (Phi) is 5.92. The third-order valence-electron chi connectivity index (χ3n) is 3.27. The van der Waals surface area contributed by atoms with Gasteiger partial charge in [-0.05, 0) is 48.3 Å². The maximum atomic E-state index is 11.8. The van der Waals surface area contributed by atoms with E-state index in [9.17, 15) is 9.59 Å². The third-order valence-corrected chi connectivity index (χ3v) is 3.96. The van der Waals surface area contributed by atoms with E-state index in [4.69, 9.17) is 9.26 Å². The second kappa shape index (κ2) is 7.92. The summed E-state index contributed by atoms with van der Waals surface area (Å²) in [5.41, 5.74) is 2.30. The zero-order chi connectivity index (χ0) is 16.8. The molecule has 7 heteroatoms. The van der Waals surface area contributed by atoms with Gasteiger partial charge in [-0.15, -0.1) is 0 Å². The zero-order valence-electron chi connectivity index (χ0n) is 12.9. The average molecular weight is 381 g/mol. The van der Waals surface area contributed by atoms with Crippen LogP contribution in [0, 0.1) is 13.8 Å². The Balaban J connectivity index is 1.76. The monoisotopic (exact) mass is 380 g/mol. The summed E-state index contributed by atoms with van der Waals surface area (Å²) >= 11 is 3.33. The topological polar surface area (TPSA) is 81.4 Å². The van der Waals surface area contributed by atoms with Crippen LogP contribution in [0.5, 0.6) is 0 Å². The first kappa shape index (κ1) is 17.2. The molecule has 0 radical (unpaired) electrons. The van der Waals surface area contributed by atoms with Crippen LogP contribution in [0.15, 0.2) is 33.3 Å². The van der Waals surface area contributed by atoms with Crippen LogP contribution in [0.3, 0.4) is 0 Å². The molecule has 0 bridgehead atoms. The van der Waals surface area contributed by atoms with Gasteiger partial charge in [0.2, 0.25) is 0 Å². The van der Waals surface area contributed by atoms with Gasteiger partial charge in [0.25, 0.3) is 5.91 Å². The summed E-state index contributed by atoms with van der Waals surface area (Å²) in [6, 6.07) is 7.21. The summed E-state index contributed by atoms with van der Waals surface area (Å²) in [7, 11) is 0. The first-order chi connectivity index (χ1) is 11.0. The lowest BCUT2D eigenvalue weighted by atomic mass is 10.1. The van der Waals surface area contributed by atoms with Crippen LogP contribution < -0.4 is 5.32 Å². The smallest absolute Gasteiger partial charge is 0.306 e. The lowest BCUT2D eigenvalue weighted by Crippen LogP contribution is -2.21. The Morgan fingerprint density at radius 2 is 2.04 bits per heavy atom. The number of aromatic nitrogens is 1. The maximum Gasteiger partial charge on any atom is 0.306 e. The van der Waals surface area contributed by atoms with Crippen molar-refractivity contribution in [1.82, 2.24) is 5.16 Å². The highest BCUT2D eigenvalue weighted by atomic mass is 79.9. The molecule has 1 aromatic carbocycles. The maximum absolute atomic E-state index is 11.8. The molecule has 1 aromatic heterocycles.